The fraction of sp³-hybridized carbons (Fsp3) is 0.290. The first-order valence-corrected chi connectivity index (χ1v) is 13.0. The molecule has 7 nitrogen and oxygen atoms in total. The maximum atomic E-state index is 13.5. The standard InChI is InChI=1S/C31H28N2O5/c1-18-7-5-6-10-25(18)32-26(34)17-38-31(37)20-11-13-22(14-12-20)33-29(35)27-21-15-23(19-8-3-2-4-9-19)24(16-21)28(27)30(33)36/h2-14,21,23-24,27-28H,15-17H2,1H3,(H,32,34)/t21-,23+,24+,27+,28-/m0/s1. The number of rotatable bonds is 6. The summed E-state index contributed by atoms with van der Waals surface area (Å²) in [6, 6.07) is 23.8. The minimum Gasteiger partial charge on any atom is -0.452 e. The number of benzene rings is 3. The van der Waals surface area contributed by atoms with Gasteiger partial charge in [0.15, 0.2) is 6.61 Å². The lowest BCUT2D eigenvalue weighted by atomic mass is 9.73. The number of esters is 1. The predicted molar refractivity (Wildman–Crippen MR) is 141 cm³/mol. The molecule has 1 saturated heterocycles. The molecule has 3 fully saturated rings. The number of amides is 3. The molecule has 192 valence electrons. The number of anilines is 2. The second-order valence-electron chi connectivity index (χ2n) is 10.5. The quantitative estimate of drug-likeness (QED) is 0.384. The molecule has 7 heteroatoms. The first-order valence-electron chi connectivity index (χ1n) is 13.0. The summed E-state index contributed by atoms with van der Waals surface area (Å²) < 4.78 is 5.16. The Hall–Kier alpha value is -4.26. The molecule has 2 saturated carbocycles. The van der Waals surface area contributed by atoms with Crippen molar-refractivity contribution >= 4 is 35.1 Å². The van der Waals surface area contributed by atoms with Crippen LogP contribution in [0.25, 0.3) is 0 Å². The van der Waals surface area contributed by atoms with Crippen LogP contribution >= 0.6 is 0 Å². The van der Waals surface area contributed by atoms with Crippen LogP contribution in [0.1, 0.15) is 40.2 Å². The number of ether oxygens (including phenoxy) is 1. The van der Waals surface area contributed by atoms with Gasteiger partial charge >= 0.3 is 5.97 Å². The van der Waals surface area contributed by atoms with Crippen molar-refractivity contribution in [2.45, 2.75) is 25.7 Å². The first kappa shape index (κ1) is 24.1. The van der Waals surface area contributed by atoms with E-state index in [9.17, 15) is 19.2 Å². The molecule has 1 N–H and O–H groups in total. The van der Waals surface area contributed by atoms with Crippen LogP contribution in [0.4, 0.5) is 11.4 Å². The normalized spacial score (nSPS) is 25.4. The zero-order valence-corrected chi connectivity index (χ0v) is 21.0. The van der Waals surface area contributed by atoms with Crippen LogP contribution in [-0.2, 0) is 19.1 Å². The van der Waals surface area contributed by atoms with Gasteiger partial charge in [-0.1, -0.05) is 48.5 Å². The van der Waals surface area contributed by atoms with Crippen molar-refractivity contribution in [1.82, 2.24) is 0 Å². The molecule has 38 heavy (non-hydrogen) atoms. The van der Waals surface area contributed by atoms with Crippen LogP contribution in [0.3, 0.4) is 0 Å². The number of nitrogens with one attached hydrogen (secondary N) is 1. The van der Waals surface area contributed by atoms with E-state index in [1.807, 2.05) is 43.3 Å². The molecule has 5 atom stereocenters. The topological polar surface area (TPSA) is 92.8 Å². The summed E-state index contributed by atoms with van der Waals surface area (Å²) in [5.74, 6) is -1.22. The lowest BCUT2D eigenvalue weighted by Gasteiger charge is -2.28. The van der Waals surface area contributed by atoms with Crippen LogP contribution in [-0.4, -0.2) is 30.3 Å². The highest BCUT2D eigenvalue weighted by molar-refractivity contribution is 6.22. The number of carbonyl (C=O) groups excluding carboxylic acids is 4. The van der Waals surface area contributed by atoms with Crippen LogP contribution in [0.5, 0.6) is 0 Å². The molecule has 1 aliphatic heterocycles. The van der Waals surface area contributed by atoms with Crippen molar-refractivity contribution in [3.8, 4) is 0 Å². The van der Waals surface area contributed by atoms with E-state index in [1.165, 1.54) is 22.6 Å². The lowest BCUT2D eigenvalue weighted by Crippen LogP contribution is -2.33. The second kappa shape index (κ2) is 9.56. The largest absolute Gasteiger partial charge is 0.452 e. The van der Waals surface area contributed by atoms with E-state index in [1.54, 1.807) is 18.2 Å². The number of nitrogens with zero attached hydrogens (tertiary/aromatic N) is 1. The maximum Gasteiger partial charge on any atom is 0.338 e. The van der Waals surface area contributed by atoms with Gasteiger partial charge in [-0.05, 0) is 79.0 Å². The number of fused-ring (bicyclic) bond motifs is 5. The smallest absolute Gasteiger partial charge is 0.338 e. The Kier molecular flexibility index (Phi) is 6.06. The van der Waals surface area contributed by atoms with Gasteiger partial charge in [-0.2, -0.15) is 0 Å². The van der Waals surface area contributed by atoms with Gasteiger partial charge in [0.25, 0.3) is 5.91 Å². The van der Waals surface area contributed by atoms with Crippen molar-refractivity contribution < 1.29 is 23.9 Å². The summed E-state index contributed by atoms with van der Waals surface area (Å²) in [5, 5.41) is 2.72. The third kappa shape index (κ3) is 4.08. The van der Waals surface area contributed by atoms with Crippen molar-refractivity contribution in [1.29, 1.82) is 0 Å². The highest BCUT2D eigenvalue weighted by Crippen LogP contribution is 2.61. The molecular weight excluding hydrogens is 480 g/mol. The minimum absolute atomic E-state index is 0.137. The molecule has 0 aromatic heterocycles. The Morgan fingerprint density at radius 1 is 0.868 bits per heavy atom. The van der Waals surface area contributed by atoms with E-state index in [2.05, 4.69) is 17.4 Å². The van der Waals surface area contributed by atoms with Crippen molar-refractivity contribution in [3.63, 3.8) is 0 Å². The summed E-state index contributed by atoms with van der Waals surface area (Å²) in [6.45, 7) is 1.45. The number of hydrogen-bond acceptors (Lipinski definition) is 5. The van der Waals surface area contributed by atoms with Gasteiger partial charge in [0.2, 0.25) is 11.8 Å². The number of hydrogen-bond donors (Lipinski definition) is 1. The average molecular weight is 509 g/mol. The molecule has 2 aliphatic carbocycles. The SMILES string of the molecule is Cc1ccccc1NC(=O)COC(=O)c1ccc(N2C(=O)[C@@H]3[C@@H]4C[C@@H]([C@@H]3C2=O)[C@@H](c2ccccc2)C4)cc1. The second-order valence-corrected chi connectivity index (χ2v) is 10.5. The minimum atomic E-state index is -0.656. The highest BCUT2D eigenvalue weighted by atomic mass is 16.5. The van der Waals surface area contributed by atoms with Gasteiger partial charge in [-0.15, -0.1) is 0 Å². The Labute approximate surface area is 220 Å². The molecule has 0 radical (unpaired) electrons. The van der Waals surface area contributed by atoms with Crippen LogP contribution in [0.15, 0.2) is 78.9 Å². The number of carbonyl (C=O) groups is 4. The number of imide groups is 1. The monoisotopic (exact) mass is 508 g/mol. The zero-order chi connectivity index (χ0) is 26.4. The molecule has 3 aliphatic rings. The van der Waals surface area contributed by atoms with Gasteiger partial charge < -0.3 is 10.1 Å². The Morgan fingerprint density at radius 2 is 1.55 bits per heavy atom. The van der Waals surface area contributed by atoms with E-state index in [0.717, 1.165) is 18.4 Å². The van der Waals surface area contributed by atoms with Crippen molar-refractivity contribution in [2.24, 2.45) is 23.7 Å². The van der Waals surface area contributed by atoms with Crippen LogP contribution in [0, 0.1) is 30.6 Å². The van der Waals surface area contributed by atoms with E-state index in [4.69, 9.17) is 4.74 Å². The molecule has 0 spiro atoms. The predicted octanol–water partition coefficient (Wildman–Crippen LogP) is 4.72. The van der Waals surface area contributed by atoms with Crippen LogP contribution in [0.2, 0.25) is 0 Å². The molecule has 6 rings (SSSR count). The van der Waals surface area contributed by atoms with Gasteiger partial charge in [-0.3, -0.25) is 19.3 Å². The van der Waals surface area contributed by atoms with E-state index >= 15 is 0 Å². The molecule has 3 amide bonds. The molecule has 1 heterocycles. The fourth-order valence-electron chi connectivity index (χ4n) is 6.66. The van der Waals surface area contributed by atoms with E-state index in [-0.39, 0.29) is 41.0 Å². The summed E-state index contributed by atoms with van der Waals surface area (Å²) in [5.41, 5.74) is 3.50. The number of para-hydroxylation sites is 1. The highest BCUT2D eigenvalue weighted by Gasteiger charge is 2.64. The Balaban J connectivity index is 1.11. The average Bonchev–Trinajstić information content (AvgIpc) is 3.60. The summed E-state index contributed by atoms with van der Waals surface area (Å²) in [7, 11) is 0. The molecule has 0 unspecified atom stereocenters. The maximum absolute atomic E-state index is 13.5. The van der Waals surface area contributed by atoms with Gasteiger partial charge in [0, 0.05) is 5.69 Å². The first-order chi connectivity index (χ1) is 18.4. The molecule has 2 bridgehead atoms. The van der Waals surface area contributed by atoms with Crippen LogP contribution < -0.4 is 10.2 Å². The third-order valence-electron chi connectivity index (χ3n) is 8.36. The molecule has 3 aromatic carbocycles. The Bertz CT molecular complexity index is 1420. The van der Waals surface area contributed by atoms with E-state index in [0.29, 0.717) is 17.3 Å². The summed E-state index contributed by atoms with van der Waals surface area (Å²) >= 11 is 0. The zero-order valence-electron chi connectivity index (χ0n) is 21.0. The van der Waals surface area contributed by atoms with Gasteiger partial charge in [0.1, 0.15) is 0 Å². The number of aryl methyl sites for hydroxylation is 1. The lowest BCUT2D eigenvalue weighted by molar-refractivity contribution is -0.123. The summed E-state index contributed by atoms with van der Waals surface area (Å²) in [6.07, 6.45) is 1.85. The fourth-order valence-corrected chi connectivity index (χ4v) is 6.66. The molecule has 3 aromatic rings. The third-order valence-corrected chi connectivity index (χ3v) is 8.36. The van der Waals surface area contributed by atoms with Gasteiger partial charge in [-0.25, -0.2) is 4.79 Å². The van der Waals surface area contributed by atoms with Crippen molar-refractivity contribution in [2.75, 3.05) is 16.8 Å². The van der Waals surface area contributed by atoms with E-state index < -0.39 is 18.5 Å². The Morgan fingerprint density at radius 3 is 2.29 bits per heavy atom. The van der Waals surface area contributed by atoms with Gasteiger partial charge in [0.05, 0.1) is 23.1 Å². The summed E-state index contributed by atoms with van der Waals surface area (Å²) in [4.78, 5) is 52.9. The van der Waals surface area contributed by atoms with Crippen molar-refractivity contribution in [3.05, 3.63) is 95.6 Å². The molecular formula is C31H28N2O5.